The molecule has 0 aromatic rings. The predicted molar refractivity (Wildman–Crippen MR) is 54.7 cm³/mol. The number of nitrogens with zero attached hydrogens (tertiary/aromatic N) is 1. The maximum absolute atomic E-state index is 10.2. The smallest absolute Gasteiger partial charge is 0.303 e. The van der Waals surface area contributed by atoms with E-state index in [1.807, 2.05) is 12.1 Å². The first-order valence-electron chi connectivity index (χ1n) is 5.04. The zero-order chi connectivity index (χ0) is 10.6. The summed E-state index contributed by atoms with van der Waals surface area (Å²) in [5.41, 5.74) is 0. The molecule has 78 valence electrons. The molecule has 0 aliphatic rings. The predicted octanol–water partition coefficient (Wildman–Crippen LogP) is 2.88. The molecule has 0 aliphatic carbocycles. The Labute approximate surface area is 85.0 Å². The minimum Gasteiger partial charge on any atom is -0.481 e. The van der Waals surface area contributed by atoms with Crippen molar-refractivity contribution in [3.8, 4) is 6.07 Å². The van der Waals surface area contributed by atoms with E-state index in [2.05, 4.69) is 0 Å². The van der Waals surface area contributed by atoms with Gasteiger partial charge in [0.05, 0.1) is 6.07 Å². The van der Waals surface area contributed by atoms with Crippen LogP contribution in [0.1, 0.15) is 44.9 Å². The second-order valence-electron chi connectivity index (χ2n) is 3.23. The van der Waals surface area contributed by atoms with Crippen LogP contribution in [0, 0.1) is 11.3 Å². The van der Waals surface area contributed by atoms with Gasteiger partial charge < -0.3 is 5.11 Å². The number of carbonyl (C=O) groups is 1. The summed E-state index contributed by atoms with van der Waals surface area (Å²) in [6, 6.07) is 1.95. The van der Waals surface area contributed by atoms with Gasteiger partial charge in [-0.2, -0.15) is 5.26 Å². The van der Waals surface area contributed by atoms with Crippen molar-refractivity contribution in [2.75, 3.05) is 0 Å². The molecule has 0 aliphatic heterocycles. The Morgan fingerprint density at radius 2 is 1.86 bits per heavy atom. The molecule has 0 atom stereocenters. The first-order chi connectivity index (χ1) is 6.77. The third-order valence-electron chi connectivity index (χ3n) is 1.95. The number of carboxylic acid groups (broad SMARTS) is 1. The molecule has 3 nitrogen and oxygen atoms in total. The fraction of sp³-hybridized carbons (Fsp3) is 0.636. The highest BCUT2D eigenvalue weighted by atomic mass is 16.4. The Balaban J connectivity index is 3.03. The summed E-state index contributed by atoms with van der Waals surface area (Å²) < 4.78 is 0. The van der Waals surface area contributed by atoms with Crippen LogP contribution in [-0.4, -0.2) is 11.1 Å². The van der Waals surface area contributed by atoms with E-state index in [9.17, 15) is 4.79 Å². The summed E-state index contributed by atoms with van der Waals surface area (Å²) in [6.07, 6.45) is 9.69. The number of aliphatic carboxylic acids is 1. The molecule has 0 bridgehead atoms. The van der Waals surface area contributed by atoms with Gasteiger partial charge in [0, 0.05) is 12.5 Å². The summed E-state index contributed by atoms with van der Waals surface area (Å²) >= 11 is 0. The van der Waals surface area contributed by atoms with Gasteiger partial charge in [-0.3, -0.25) is 4.79 Å². The normalized spacial score (nSPS) is 10.2. The lowest BCUT2D eigenvalue weighted by molar-refractivity contribution is -0.137. The summed E-state index contributed by atoms with van der Waals surface area (Å²) in [6.45, 7) is 0. The van der Waals surface area contributed by atoms with E-state index in [0.29, 0.717) is 0 Å². The molecule has 0 rings (SSSR count). The molecular formula is C11H17NO2. The second kappa shape index (κ2) is 9.79. The Bertz CT molecular complexity index is 216. The maximum atomic E-state index is 10.2. The highest BCUT2D eigenvalue weighted by Gasteiger charge is 1.95. The van der Waals surface area contributed by atoms with E-state index in [-0.39, 0.29) is 6.42 Å². The van der Waals surface area contributed by atoms with Crippen molar-refractivity contribution < 1.29 is 9.90 Å². The summed E-state index contributed by atoms with van der Waals surface area (Å²) in [5.74, 6) is -0.707. The molecule has 0 heterocycles. The van der Waals surface area contributed by atoms with Gasteiger partial charge in [0.2, 0.25) is 0 Å². The monoisotopic (exact) mass is 195 g/mol. The molecule has 0 saturated carbocycles. The zero-order valence-electron chi connectivity index (χ0n) is 8.41. The molecule has 1 N–H and O–H groups in total. The molecule has 0 aromatic carbocycles. The molecule has 0 unspecified atom stereocenters. The molecule has 0 amide bonds. The molecule has 14 heavy (non-hydrogen) atoms. The van der Waals surface area contributed by atoms with Crippen LogP contribution in [0.3, 0.4) is 0 Å². The van der Waals surface area contributed by atoms with Crippen molar-refractivity contribution >= 4 is 5.97 Å². The topological polar surface area (TPSA) is 61.1 Å². The third kappa shape index (κ3) is 10.7. The fourth-order valence-electron chi connectivity index (χ4n) is 1.20. The van der Waals surface area contributed by atoms with Gasteiger partial charge in [0.1, 0.15) is 0 Å². The van der Waals surface area contributed by atoms with E-state index in [0.717, 1.165) is 38.5 Å². The second-order valence-corrected chi connectivity index (χ2v) is 3.23. The molecule has 0 saturated heterocycles. The van der Waals surface area contributed by atoms with Gasteiger partial charge in [-0.15, -0.1) is 0 Å². The van der Waals surface area contributed by atoms with Crippen LogP contribution in [0.2, 0.25) is 0 Å². The van der Waals surface area contributed by atoms with E-state index < -0.39 is 5.97 Å². The highest BCUT2D eigenvalue weighted by molar-refractivity contribution is 5.66. The minimum atomic E-state index is -0.707. The molecule has 0 radical (unpaired) electrons. The van der Waals surface area contributed by atoms with Crippen LogP contribution >= 0.6 is 0 Å². The standard InChI is InChI=1S/C11H17NO2/c12-10-8-6-4-2-1-3-5-7-9-11(13)14/h6,8H,1-5,7,9H2,(H,13,14). The molecule has 0 aromatic heterocycles. The maximum Gasteiger partial charge on any atom is 0.303 e. The lowest BCUT2D eigenvalue weighted by Crippen LogP contribution is -1.93. The van der Waals surface area contributed by atoms with Gasteiger partial charge in [-0.25, -0.2) is 0 Å². The lowest BCUT2D eigenvalue weighted by Gasteiger charge is -1.97. The van der Waals surface area contributed by atoms with Crippen LogP contribution in [0.25, 0.3) is 0 Å². The largest absolute Gasteiger partial charge is 0.481 e. The number of unbranched alkanes of at least 4 members (excludes halogenated alkanes) is 5. The lowest BCUT2D eigenvalue weighted by atomic mass is 10.1. The van der Waals surface area contributed by atoms with Crippen molar-refractivity contribution in [3.05, 3.63) is 12.2 Å². The van der Waals surface area contributed by atoms with Gasteiger partial charge in [-0.05, 0) is 19.3 Å². The Morgan fingerprint density at radius 3 is 2.50 bits per heavy atom. The third-order valence-corrected chi connectivity index (χ3v) is 1.95. The van der Waals surface area contributed by atoms with E-state index in [1.54, 1.807) is 0 Å². The molecule has 0 spiro atoms. The first kappa shape index (κ1) is 12.7. The number of hydrogen-bond donors (Lipinski definition) is 1. The number of allylic oxidation sites excluding steroid dienone is 2. The van der Waals surface area contributed by atoms with Crippen molar-refractivity contribution in [1.82, 2.24) is 0 Å². The van der Waals surface area contributed by atoms with Crippen molar-refractivity contribution in [2.45, 2.75) is 44.9 Å². The SMILES string of the molecule is N#CC=CCCCCCCCC(=O)O. The summed E-state index contributed by atoms with van der Waals surface area (Å²) in [7, 11) is 0. The highest BCUT2D eigenvalue weighted by Crippen LogP contribution is 2.07. The first-order valence-corrected chi connectivity index (χ1v) is 5.04. The van der Waals surface area contributed by atoms with Gasteiger partial charge in [-0.1, -0.05) is 25.3 Å². The number of carboxylic acids is 1. The quantitative estimate of drug-likeness (QED) is 0.478. The van der Waals surface area contributed by atoms with E-state index >= 15 is 0 Å². The number of hydrogen-bond acceptors (Lipinski definition) is 2. The minimum absolute atomic E-state index is 0.286. The van der Waals surface area contributed by atoms with Crippen LogP contribution in [0.15, 0.2) is 12.2 Å². The van der Waals surface area contributed by atoms with Gasteiger partial charge in [0.25, 0.3) is 0 Å². The summed E-state index contributed by atoms with van der Waals surface area (Å²) in [4.78, 5) is 10.2. The van der Waals surface area contributed by atoms with Gasteiger partial charge in [0.15, 0.2) is 0 Å². The Hall–Kier alpha value is -1.30. The van der Waals surface area contributed by atoms with Crippen LogP contribution in [0.5, 0.6) is 0 Å². The van der Waals surface area contributed by atoms with Crippen LogP contribution in [-0.2, 0) is 4.79 Å². The fourth-order valence-corrected chi connectivity index (χ4v) is 1.20. The molecule has 3 heteroatoms. The summed E-state index contributed by atoms with van der Waals surface area (Å²) in [5, 5.41) is 16.6. The van der Waals surface area contributed by atoms with Crippen molar-refractivity contribution in [2.24, 2.45) is 0 Å². The average molecular weight is 195 g/mol. The van der Waals surface area contributed by atoms with E-state index in [1.165, 1.54) is 6.08 Å². The molecular weight excluding hydrogens is 178 g/mol. The Morgan fingerprint density at radius 1 is 1.21 bits per heavy atom. The van der Waals surface area contributed by atoms with E-state index in [4.69, 9.17) is 10.4 Å². The Kier molecular flexibility index (Phi) is 8.88. The van der Waals surface area contributed by atoms with Crippen molar-refractivity contribution in [1.29, 1.82) is 5.26 Å². The number of nitriles is 1. The molecule has 0 fully saturated rings. The number of rotatable bonds is 8. The van der Waals surface area contributed by atoms with Gasteiger partial charge >= 0.3 is 5.97 Å². The zero-order valence-corrected chi connectivity index (χ0v) is 8.41. The van der Waals surface area contributed by atoms with Crippen LogP contribution in [0.4, 0.5) is 0 Å². The average Bonchev–Trinajstić information content (AvgIpc) is 2.15. The van der Waals surface area contributed by atoms with Crippen molar-refractivity contribution in [3.63, 3.8) is 0 Å². The van der Waals surface area contributed by atoms with Crippen LogP contribution < -0.4 is 0 Å².